The second-order valence-electron chi connectivity index (χ2n) is 7.15. The van der Waals surface area contributed by atoms with Crippen LogP contribution in [0.5, 0.6) is 0 Å². The van der Waals surface area contributed by atoms with E-state index in [1.165, 1.54) is 16.5 Å². The van der Waals surface area contributed by atoms with E-state index >= 15 is 0 Å². The summed E-state index contributed by atoms with van der Waals surface area (Å²) in [6.45, 7) is 2.12. The number of fused-ring (bicyclic) bond motifs is 1. The van der Waals surface area contributed by atoms with Gasteiger partial charge >= 0.3 is 0 Å². The molecule has 4 rings (SSSR count). The summed E-state index contributed by atoms with van der Waals surface area (Å²) < 4.78 is 27.3. The summed E-state index contributed by atoms with van der Waals surface area (Å²) in [7, 11) is -1.78. The highest BCUT2D eigenvalue weighted by Gasteiger charge is 2.33. The number of anilines is 1. The van der Waals surface area contributed by atoms with Crippen LogP contribution in [-0.4, -0.2) is 47.2 Å². The first-order chi connectivity index (χ1) is 12.9. The van der Waals surface area contributed by atoms with Crippen LogP contribution in [0, 0.1) is 12.8 Å². The second kappa shape index (κ2) is 6.61. The van der Waals surface area contributed by atoms with Gasteiger partial charge in [-0.1, -0.05) is 17.7 Å². The predicted molar refractivity (Wildman–Crippen MR) is 103 cm³/mol. The van der Waals surface area contributed by atoms with Gasteiger partial charge in [0.2, 0.25) is 0 Å². The van der Waals surface area contributed by atoms with Crippen LogP contribution in [0.3, 0.4) is 0 Å². The molecule has 2 heterocycles. The van der Waals surface area contributed by atoms with E-state index in [9.17, 15) is 13.5 Å². The molecule has 3 aromatic rings. The van der Waals surface area contributed by atoms with E-state index in [-0.39, 0.29) is 17.5 Å². The summed E-state index contributed by atoms with van der Waals surface area (Å²) in [6.07, 6.45) is 4.74. The molecule has 0 unspecified atom stereocenters. The van der Waals surface area contributed by atoms with Crippen LogP contribution in [0.1, 0.15) is 18.4 Å². The largest absolute Gasteiger partial charge is 0.396 e. The van der Waals surface area contributed by atoms with Crippen LogP contribution < -0.4 is 4.90 Å². The number of hydrogen-bond donors (Lipinski definition) is 1. The van der Waals surface area contributed by atoms with Crippen LogP contribution >= 0.6 is 0 Å². The average Bonchev–Trinajstić information content (AvgIpc) is 3.06. The molecule has 142 valence electrons. The number of hydrogen-bond acceptors (Lipinski definition) is 6. The lowest BCUT2D eigenvalue weighted by molar-refractivity contribution is 0.141. The predicted octanol–water partition coefficient (Wildman–Crippen LogP) is 2.18. The minimum atomic E-state index is -3.73. The third-order valence-electron chi connectivity index (χ3n) is 5.36. The first-order valence-corrected chi connectivity index (χ1v) is 10.3. The molecule has 0 saturated heterocycles. The molecule has 0 radical (unpaired) electrons. The summed E-state index contributed by atoms with van der Waals surface area (Å²) in [5.74, 6) is 1.04. The van der Waals surface area contributed by atoms with E-state index in [1.54, 1.807) is 30.3 Å². The lowest BCUT2D eigenvalue weighted by Crippen LogP contribution is -2.44. The van der Waals surface area contributed by atoms with Crippen LogP contribution in [0.2, 0.25) is 0 Å². The summed E-state index contributed by atoms with van der Waals surface area (Å²) >= 11 is 0. The Morgan fingerprint density at radius 2 is 1.89 bits per heavy atom. The van der Waals surface area contributed by atoms with Crippen molar-refractivity contribution in [2.24, 2.45) is 5.92 Å². The average molecular weight is 386 g/mol. The zero-order chi connectivity index (χ0) is 19.2. The molecule has 1 aliphatic carbocycles. The Balaban J connectivity index is 1.73. The molecule has 1 aromatic carbocycles. The van der Waals surface area contributed by atoms with Crippen molar-refractivity contribution in [3.8, 4) is 0 Å². The number of benzene rings is 1. The van der Waals surface area contributed by atoms with Gasteiger partial charge in [-0.3, -0.25) is 0 Å². The van der Waals surface area contributed by atoms with Crippen molar-refractivity contribution in [3.63, 3.8) is 0 Å². The Morgan fingerprint density at radius 3 is 2.56 bits per heavy atom. The van der Waals surface area contributed by atoms with Crippen LogP contribution in [0.4, 0.5) is 5.82 Å². The summed E-state index contributed by atoms with van der Waals surface area (Å²) in [5.41, 5.74) is 1.37. The number of nitrogens with zero attached hydrogens (tertiary/aromatic N) is 4. The standard InChI is InChI=1S/C19H22N4O3S/c1-13-3-5-16(6-4-13)27(25,26)23-8-7-17-18(20-12-21-19(17)23)22(2)15-9-14(10-15)11-24/h3-8,12,14-15,24H,9-11H2,1-2H3/t14-,15+. The third-order valence-corrected chi connectivity index (χ3v) is 7.04. The molecule has 2 aromatic heterocycles. The fourth-order valence-electron chi connectivity index (χ4n) is 3.55. The highest BCUT2D eigenvalue weighted by Crippen LogP contribution is 2.35. The molecule has 0 atom stereocenters. The van der Waals surface area contributed by atoms with E-state index in [2.05, 4.69) is 14.9 Å². The molecule has 0 aliphatic heterocycles. The Labute approximate surface area is 158 Å². The topological polar surface area (TPSA) is 88.3 Å². The maximum atomic E-state index is 13.0. The van der Waals surface area contributed by atoms with Gasteiger partial charge < -0.3 is 10.0 Å². The lowest BCUT2D eigenvalue weighted by Gasteiger charge is -2.41. The first kappa shape index (κ1) is 17.9. The fourth-order valence-corrected chi connectivity index (χ4v) is 4.85. The molecule has 1 aliphatic rings. The van der Waals surface area contributed by atoms with Crippen molar-refractivity contribution in [1.29, 1.82) is 0 Å². The van der Waals surface area contributed by atoms with Crippen LogP contribution in [0.15, 0.2) is 47.8 Å². The van der Waals surface area contributed by atoms with Crippen LogP contribution in [0.25, 0.3) is 11.0 Å². The Morgan fingerprint density at radius 1 is 1.19 bits per heavy atom. The highest BCUT2D eigenvalue weighted by molar-refractivity contribution is 7.90. The van der Waals surface area contributed by atoms with Gasteiger partial charge in [0.1, 0.15) is 12.1 Å². The number of aryl methyl sites for hydroxylation is 1. The van der Waals surface area contributed by atoms with Gasteiger partial charge in [-0.25, -0.2) is 22.4 Å². The molecule has 1 N–H and O–H groups in total. The minimum absolute atomic E-state index is 0.203. The maximum Gasteiger partial charge on any atom is 0.269 e. The van der Waals surface area contributed by atoms with Crippen molar-refractivity contribution in [3.05, 3.63) is 48.4 Å². The smallest absolute Gasteiger partial charge is 0.269 e. The molecule has 0 amide bonds. The number of rotatable bonds is 5. The molecular weight excluding hydrogens is 364 g/mol. The highest BCUT2D eigenvalue weighted by atomic mass is 32.2. The van der Waals surface area contributed by atoms with Gasteiger partial charge in [0, 0.05) is 25.9 Å². The molecule has 1 saturated carbocycles. The molecule has 0 spiro atoms. The minimum Gasteiger partial charge on any atom is -0.396 e. The molecule has 0 bridgehead atoms. The van der Waals surface area contributed by atoms with Gasteiger partial charge in [0.25, 0.3) is 10.0 Å². The Kier molecular flexibility index (Phi) is 4.39. The Hall–Kier alpha value is -2.45. The molecule has 27 heavy (non-hydrogen) atoms. The number of aromatic nitrogens is 3. The van der Waals surface area contributed by atoms with Crippen molar-refractivity contribution in [2.45, 2.75) is 30.7 Å². The normalized spacial score (nSPS) is 19.8. The van der Waals surface area contributed by atoms with Crippen molar-refractivity contribution in [2.75, 3.05) is 18.6 Å². The SMILES string of the molecule is Cc1ccc(S(=O)(=O)n2ccc3c(N(C)[C@H]4C[C@@H](CO)C4)ncnc32)cc1. The van der Waals surface area contributed by atoms with Crippen molar-refractivity contribution < 1.29 is 13.5 Å². The number of aliphatic hydroxyl groups is 1. The molecular formula is C19H22N4O3S. The molecule has 1 fully saturated rings. The third kappa shape index (κ3) is 2.98. The molecule has 8 heteroatoms. The van der Waals surface area contributed by atoms with Gasteiger partial charge in [0.15, 0.2) is 5.65 Å². The molecule has 7 nitrogen and oxygen atoms in total. The quantitative estimate of drug-likeness (QED) is 0.723. The second-order valence-corrected chi connectivity index (χ2v) is 8.96. The zero-order valence-corrected chi connectivity index (χ0v) is 16.1. The zero-order valence-electron chi connectivity index (χ0n) is 15.3. The lowest BCUT2D eigenvalue weighted by atomic mass is 9.80. The van der Waals surface area contributed by atoms with Gasteiger partial charge in [-0.2, -0.15) is 0 Å². The number of aliphatic hydroxyl groups excluding tert-OH is 1. The van der Waals surface area contributed by atoms with E-state index in [0.717, 1.165) is 18.4 Å². The fraction of sp³-hybridized carbons (Fsp3) is 0.368. The maximum absolute atomic E-state index is 13.0. The van der Waals surface area contributed by atoms with Crippen molar-refractivity contribution in [1.82, 2.24) is 13.9 Å². The van der Waals surface area contributed by atoms with E-state index < -0.39 is 10.0 Å². The van der Waals surface area contributed by atoms with Gasteiger partial charge in [-0.15, -0.1) is 0 Å². The van der Waals surface area contributed by atoms with Gasteiger partial charge in [0.05, 0.1) is 10.3 Å². The van der Waals surface area contributed by atoms with E-state index in [1.807, 2.05) is 14.0 Å². The summed E-state index contributed by atoms with van der Waals surface area (Å²) in [6, 6.07) is 8.80. The van der Waals surface area contributed by atoms with E-state index in [4.69, 9.17) is 0 Å². The van der Waals surface area contributed by atoms with Crippen molar-refractivity contribution >= 4 is 26.9 Å². The van der Waals surface area contributed by atoms with Crippen LogP contribution in [-0.2, 0) is 10.0 Å². The Bertz CT molecular complexity index is 1070. The van der Waals surface area contributed by atoms with E-state index in [0.29, 0.717) is 22.8 Å². The monoisotopic (exact) mass is 386 g/mol. The summed E-state index contributed by atoms with van der Waals surface area (Å²) in [5, 5.41) is 9.93. The summed E-state index contributed by atoms with van der Waals surface area (Å²) in [4.78, 5) is 10.9. The first-order valence-electron chi connectivity index (χ1n) is 8.90. The van der Waals surface area contributed by atoms with Gasteiger partial charge in [-0.05, 0) is 43.9 Å².